The van der Waals surface area contributed by atoms with Gasteiger partial charge in [-0.05, 0) is 44.5 Å². The van der Waals surface area contributed by atoms with E-state index in [1.165, 1.54) is 6.92 Å². The number of hydrogen-bond acceptors (Lipinski definition) is 4. The molecule has 0 fully saturated rings. The van der Waals surface area contributed by atoms with E-state index in [1.807, 2.05) is 6.92 Å². The SMILES string of the molecule is CCOC(=O)c1cc(OCC)cc(C(Br)C(C)=O)c1. The molecular weight excluding hydrogens is 312 g/mol. The van der Waals surface area contributed by atoms with Crippen molar-refractivity contribution in [2.75, 3.05) is 13.2 Å². The van der Waals surface area contributed by atoms with Gasteiger partial charge in [0, 0.05) is 0 Å². The summed E-state index contributed by atoms with van der Waals surface area (Å²) in [7, 11) is 0. The van der Waals surface area contributed by atoms with Crippen LogP contribution in [0.4, 0.5) is 0 Å². The molecule has 1 unspecified atom stereocenters. The molecule has 0 saturated heterocycles. The first-order valence-corrected chi connectivity index (χ1v) is 7.00. The molecule has 104 valence electrons. The first kappa shape index (κ1) is 15.7. The summed E-state index contributed by atoms with van der Waals surface area (Å²) in [5, 5.41) is 0. The Morgan fingerprint density at radius 1 is 1.21 bits per heavy atom. The first-order valence-electron chi connectivity index (χ1n) is 6.09. The molecule has 0 radical (unpaired) electrons. The lowest BCUT2D eigenvalue weighted by atomic mass is 10.1. The quantitative estimate of drug-likeness (QED) is 0.594. The minimum Gasteiger partial charge on any atom is -0.494 e. The summed E-state index contributed by atoms with van der Waals surface area (Å²) in [6, 6.07) is 5.00. The Balaban J connectivity index is 3.17. The van der Waals surface area contributed by atoms with E-state index in [9.17, 15) is 9.59 Å². The Bertz CT molecular complexity index is 471. The third-order valence-corrected chi connectivity index (χ3v) is 3.57. The summed E-state index contributed by atoms with van der Waals surface area (Å²) < 4.78 is 10.4. The highest BCUT2D eigenvalue weighted by Crippen LogP contribution is 2.29. The van der Waals surface area contributed by atoms with Gasteiger partial charge in [-0.25, -0.2) is 4.79 Å². The maximum absolute atomic E-state index is 11.8. The van der Waals surface area contributed by atoms with E-state index in [1.54, 1.807) is 25.1 Å². The number of hydrogen-bond donors (Lipinski definition) is 0. The van der Waals surface area contributed by atoms with E-state index in [4.69, 9.17) is 9.47 Å². The topological polar surface area (TPSA) is 52.6 Å². The number of carbonyl (C=O) groups is 2. The first-order chi connectivity index (χ1) is 8.99. The van der Waals surface area contributed by atoms with Gasteiger partial charge in [0.15, 0.2) is 0 Å². The summed E-state index contributed by atoms with van der Waals surface area (Å²) >= 11 is 3.30. The van der Waals surface area contributed by atoms with Crippen LogP contribution in [0.15, 0.2) is 18.2 Å². The average molecular weight is 329 g/mol. The van der Waals surface area contributed by atoms with Gasteiger partial charge >= 0.3 is 5.97 Å². The summed E-state index contributed by atoms with van der Waals surface area (Å²) in [5.74, 6) is 0.0887. The van der Waals surface area contributed by atoms with Gasteiger partial charge in [-0.2, -0.15) is 0 Å². The molecule has 0 N–H and O–H groups in total. The second-order valence-corrected chi connectivity index (χ2v) is 4.83. The third-order valence-electron chi connectivity index (χ3n) is 2.40. The molecule has 1 aromatic rings. The molecule has 1 atom stereocenters. The number of ketones is 1. The minimum absolute atomic E-state index is 0.0385. The molecule has 0 aliphatic heterocycles. The number of rotatable bonds is 6. The third kappa shape index (κ3) is 4.35. The van der Waals surface area contributed by atoms with Crippen LogP contribution in [0.5, 0.6) is 5.75 Å². The highest BCUT2D eigenvalue weighted by Gasteiger charge is 2.17. The van der Waals surface area contributed by atoms with E-state index >= 15 is 0 Å². The zero-order valence-electron chi connectivity index (χ0n) is 11.2. The monoisotopic (exact) mass is 328 g/mol. The number of carbonyl (C=O) groups excluding carboxylic acids is 2. The number of benzene rings is 1. The molecule has 19 heavy (non-hydrogen) atoms. The van der Waals surface area contributed by atoms with E-state index in [-0.39, 0.29) is 5.78 Å². The van der Waals surface area contributed by atoms with Crippen molar-refractivity contribution in [2.45, 2.75) is 25.6 Å². The fourth-order valence-corrected chi connectivity index (χ4v) is 1.85. The predicted molar refractivity (Wildman–Crippen MR) is 75.9 cm³/mol. The van der Waals surface area contributed by atoms with Gasteiger partial charge in [0.2, 0.25) is 0 Å². The Kier molecular flexibility index (Phi) is 6.02. The molecule has 1 aromatic carbocycles. The Morgan fingerprint density at radius 3 is 2.42 bits per heavy atom. The van der Waals surface area contributed by atoms with Crippen molar-refractivity contribution in [3.63, 3.8) is 0 Å². The van der Waals surface area contributed by atoms with Gasteiger partial charge in [0.25, 0.3) is 0 Å². The number of Topliss-reactive ketones (excluding diaryl/α,β-unsaturated/α-hetero) is 1. The average Bonchev–Trinajstić information content (AvgIpc) is 2.38. The Morgan fingerprint density at radius 2 is 1.89 bits per heavy atom. The molecule has 0 saturated carbocycles. The maximum atomic E-state index is 11.8. The summed E-state index contributed by atoms with van der Waals surface area (Å²) in [6.07, 6.45) is 0. The second-order valence-electron chi connectivity index (χ2n) is 3.92. The second kappa shape index (κ2) is 7.28. The van der Waals surface area contributed by atoms with Crippen LogP contribution in [-0.2, 0) is 9.53 Å². The zero-order valence-corrected chi connectivity index (χ0v) is 12.8. The van der Waals surface area contributed by atoms with E-state index in [0.717, 1.165) is 0 Å². The van der Waals surface area contributed by atoms with Gasteiger partial charge in [-0.15, -0.1) is 0 Å². The van der Waals surface area contributed by atoms with Crippen LogP contribution >= 0.6 is 15.9 Å². The fraction of sp³-hybridized carbons (Fsp3) is 0.429. The summed E-state index contributed by atoms with van der Waals surface area (Å²) in [6.45, 7) is 5.87. The van der Waals surface area contributed by atoms with Crippen LogP contribution in [0.25, 0.3) is 0 Å². The van der Waals surface area contributed by atoms with Gasteiger partial charge in [0.1, 0.15) is 11.5 Å². The number of alkyl halides is 1. The van der Waals surface area contributed by atoms with Crippen molar-refractivity contribution < 1.29 is 19.1 Å². The van der Waals surface area contributed by atoms with E-state index in [2.05, 4.69) is 15.9 Å². The van der Waals surface area contributed by atoms with Crippen molar-refractivity contribution in [1.29, 1.82) is 0 Å². The lowest BCUT2D eigenvalue weighted by molar-refractivity contribution is -0.116. The Hall–Kier alpha value is -1.36. The molecule has 4 nitrogen and oxygen atoms in total. The highest BCUT2D eigenvalue weighted by molar-refractivity contribution is 9.09. The number of ether oxygens (including phenoxy) is 2. The molecular formula is C14H17BrO4. The van der Waals surface area contributed by atoms with Crippen molar-refractivity contribution in [3.05, 3.63) is 29.3 Å². The molecule has 0 aliphatic carbocycles. The van der Waals surface area contributed by atoms with Crippen molar-refractivity contribution in [3.8, 4) is 5.75 Å². The van der Waals surface area contributed by atoms with Crippen LogP contribution in [0, 0.1) is 0 Å². The van der Waals surface area contributed by atoms with Crippen molar-refractivity contribution in [1.82, 2.24) is 0 Å². The maximum Gasteiger partial charge on any atom is 0.338 e. The molecule has 0 heterocycles. The smallest absolute Gasteiger partial charge is 0.338 e. The number of halogens is 1. The van der Waals surface area contributed by atoms with E-state index in [0.29, 0.717) is 30.1 Å². The lowest BCUT2D eigenvalue weighted by Crippen LogP contribution is -2.08. The molecule has 0 amide bonds. The van der Waals surface area contributed by atoms with Crippen molar-refractivity contribution in [2.24, 2.45) is 0 Å². The molecule has 5 heteroatoms. The summed E-state index contributed by atoms with van der Waals surface area (Å²) in [5.41, 5.74) is 1.06. The van der Waals surface area contributed by atoms with Crippen LogP contribution in [0.3, 0.4) is 0 Å². The van der Waals surface area contributed by atoms with Crippen LogP contribution in [-0.4, -0.2) is 25.0 Å². The summed E-state index contributed by atoms with van der Waals surface area (Å²) in [4.78, 5) is 22.7. The van der Waals surface area contributed by atoms with Crippen LogP contribution < -0.4 is 4.74 Å². The van der Waals surface area contributed by atoms with Gasteiger partial charge in [-0.1, -0.05) is 15.9 Å². The highest BCUT2D eigenvalue weighted by atomic mass is 79.9. The predicted octanol–water partition coefficient (Wildman–Crippen LogP) is 3.29. The molecule has 0 aliphatic rings. The van der Waals surface area contributed by atoms with Crippen LogP contribution in [0.1, 0.15) is 41.5 Å². The molecule has 0 spiro atoms. The largest absolute Gasteiger partial charge is 0.494 e. The fourth-order valence-electron chi connectivity index (χ4n) is 1.59. The van der Waals surface area contributed by atoms with Crippen molar-refractivity contribution >= 4 is 27.7 Å². The van der Waals surface area contributed by atoms with Gasteiger partial charge in [0.05, 0.1) is 23.6 Å². The lowest BCUT2D eigenvalue weighted by Gasteiger charge is -2.12. The standard InChI is InChI=1S/C14H17BrO4/c1-4-18-12-7-10(13(15)9(3)16)6-11(8-12)14(17)19-5-2/h6-8,13H,4-5H2,1-3H3. The van der Waals surface area contributed by atoms with Crippen LogP contribution in [0.2, 0.25) is 0 Å². The molecule has 0 bridgehead atoms. The Labute approximate surface area is 121 Å². The van der Waals surface area contributed by atoms with Gasteiger partial charge < -0.3 is 9.47 Å². The molecule has 0 aromatic heterocycles. The minimum atomic E-state index is -0.457. The van der Waals surface area contributed by atoms with Gasteiger partial charge in [-0.3, -0.25) is 4.79 Å². The number of esters is 1. The van der Waals surface area contributed by atoms with E-state index < -0.39 is 10.8 Å². The molecule has 1 rings (SSSR count). The zero-order chi connectivity index (χ0) is 14.4. The normalized spacial score (nSPS) is 11.8.